The average molecular weight is 416 g/mol. The monoisotopic (exact) mass is 416 g/mol. The molecule has 0 bridgehead atoms. The summed E-state index contributed by atoms with van der Waals surface area (Å²) in [5.41, 5.74) is 0.598. The molecule has 2 N–H and O–H groups in total. The number of amides is 1. The van der Waals surface area contributed by atoms with Gasteiger partial charge in [-0.05, 0) is 13.5 Å². The van der Waals surface area contributed by atoms with E-state index in [9.17, 15) is 13.6 Å². The van der Waals surface area contributed by atoms with E-state index in [0.29, 0.717) is 23.2 Å². The smallest absolute Gasteiger partial charge is 0.303 e. The lowest BCUT2D eigenvalue weighted by Crippen LogP contribution is -2.29. The van der Waals surface area contributed by atoms with Crippen molar-refractivity contribution < 1.29 is 13.6 Å². The number of carbonyl (C=O) groups excluding carboxylic acids is 1. The molecule has 4 heterocycles. The summed E-state index contributed by atoms with van der Waals surface area (Å²) in [6, 6.07) is 3.51. The summed E-state index contributed by atoms with van der Waals surface area (Å²) in [5, 5.41) is 11.3. The van der Waals surface area contributed by atoms with Gasteiger partial charge in [-0.25, -0.2) is 19.6 Å². The van der Waals surface area contributed by atoms with Crippen LogP contribution in [0.25, 0.3) is 16.7 Å². The van der Waals surface area contributed by atoms with E-state index < -0.39 is 11.7 Å². The van der Waals surface area contributed by atoms with Crippen molar-refractivity contribution in [2.75, 3.05) is 30.4 Å². The van der Waals surface area contributed by atoms with Gasteiger partial charge in [0, 0.05) is 57.5 Å². The molecule has 1 aliphatic rings. The molecule has 9 nitrogen and oxygen atoms in total. The number of alkyl halides is 2. The Bertz CT molecular complexity index is 1090. The number of hydrogen-bond acceptors (Lipinski definition) is 7. The predicted molar refractivity (Wildman–Crippen MR) is 108 cm³/mol. The molecule has 1 amide bonds. The highest BCUT2D eigenvalue weighted by molar-refractivity contribution is 5.95. The molecule has 4 rings (SSSR count). The number of likely N-dealkylation sites (N-methyl/N-ethyl adjacent to an activating group) is 1. The second-order valence-corrected chi connectivity index (χ2v) is 7.35. The van der Waals surface area contributed by atoms with Crippen molar-refractivity contribution in [3.05, 3.63) is 30.4 Å². The molecule has 0 spiro atoms. The number of nitrogens with one attached hydrogen (secondary N) is 2. The lowest BCUT2D eigenvalue weighted by atomic mass is 10.3. The summed E-state index contributed by atoms with van der Waals surface area (Å²) in [7, 11) is 1.92. The average Bonchev–Trinajstić information content (AvgIpc) is 3.31. The van der Waals surface area contributed by atoms with Gasteiger partial charge < -0.3 is 15.5 Å². The Hall–Kier alpha value is -3.21. The quantitative estimate of drug-likeness (QED) is 0.657. The highest BCUT2D eigenvalue weighted by atomic mass is 19.3. The van der Waals surface area contributed by atoms with E-state index in [4.69, 9.17) is 0 Å². The van der Waals surface area contributed by atoms with Gasteiger partial charge in [0.25, 0.3) is 0 Å². The molecule has 30 heavy (non-hydrogen) atoms. The molecule has 11 heteroatoms. The van der Waals surface area contributed by atoms with Crippen molar-refractivity contribution in [1.82, 2.24) is 30.0 Å². The van der Waals surface area contributed by atoms with Gasteiger partial charge in [-0.15, -0.1) is 5.10 Å². The highest BCUT2D eigenvalue weighted by Gasteiger charge is 2.30. The summed E-state index contributed by atoms with van der Waals surface area (Å²) in [6.07, 6.45) is 3.87. The minimum atomic E-state index is -3.18. The Morgan fingerprint density at radius 3 is 2.80 bits per heavy atom. The van der Waals surface area contributed by atoms with Crippen LogP contribution in [-0.4, -0.2) is 56.8 Å². The number of aromatic nitrogens is 5. The summed E-state index contributed by atoms with van der Waals surface area (Å²) in [6.45, 7) is 3.70. The van der Waals surface area contributed by atoms with Crippen molar-refractivity contribution in [2.24, 2.45) is 0 Å². The van der Waals surface area contributed by atoms with Gasteiger partial charge >= 0.3 is 5.92 Å². The topological polar surface area (TPSA) is 101 Å². The Balaban J connectivity index is 1.86. The Morgan fingerprint density at radius 2 is 2.13 bits per heavy atom. The molecule has 1 saturated heterocycles. The fourth-order valence-electron chi connectivity index (χ4n) is 3.52. The molecular weight excluding hydrogens is 394 g/mol. The highest BCUT2D eigenvalue weighted by Crippen LogP contribution is 2.32. The molecule has 0 aromatic carbocycles. The van der Waals surface area contributed by atoms with Gasteiger partial charge in [0.2, 0.25) is 11.7 Å². The lowest BCUT2D eigenvalue weighted by Gasteiger charge is -2.15. The second-order valence-electron chi connectivity index (χ2n) is 7.35. The molecular formula is C19H22F2N8O. The van der Waals surface area contributed by atoms with Crippen molar-refractivity contribution in [3.63, 3.8) is 0 Å². The Kier molecular flexibility index (Phi) is 5.06. The lowest BCUT2D eigenvalue weighted by molar-refractivity contribution is -0.114. The molecule has 158 valence electrons. The van der Waals surface area contributed by atoms with Crippen LogP contribution in [0.4, 0.5) is 20.4 Å². The number of hydrogen-bond donors (Lipinski definition) is 2. The van der Waals surface area contributed by atoms with Crippen LogP contribution in [0.5, 0.6) is 0 Å². The van der Waals surface area contributed by atoms with Crippen LogP contribution in [0.2, 0.25) is 0 Å². The zero-order valence-electron chi connectivity index (χ0n) is 16.9. The van der Waals surface area contributed by atoms with Gasteiger partial charge in [-0.1, -0.05) is 0 Å². The van der Waals surface area contributed by atoms with Crippen LogP contribution >= 0.6 is 0 Å². The van der Waals surface area contributed by atoms with Crippen molar-refractivity contribution >= 4 is 28.4 Å². The van der Waals surface area contributed by atoms with Crippen LogP contribution in [-0.2, 0) is 10.7 Å². The number of rotatable bonds is 5. The fourth-order valence-corrected chi connectivity index (χ4v) is 3.52. The SMILES string of the molecule is CN[C@@H]1CCN(c2nn(-c3ccnc(C(C)(F)F)n3)c3cc(NC(C)=O)ncc23)C1. The standard InChI is InChI=1S/C19H22F2N8O/c1-11(30)25-15-8-14-13(9-24-15)17(28-7-5-12(10-28)22-3)27-29(14)16-4-6-23-18(26-16)19(2,20)21/h4,6,8-9,12,22H,5,7,10H2,1-3H3,(H,24,25,30)/t12-/m1/s1. The summed E-state index contributed by atoms with van der Waals surface area (Å²) < 4.78 is 29.0. The van der Waals surface area contributed by atoms with Crippen LogP contribution in [0.1, 0.15) is 26.1 Å². The van der Waals surface area contributed by atoms with Crippen molar-refractivity contribution in [1.29, 1.82) is 0 Å². The number of halogens is 2. The number of pyridine rings is 1. The summed E-state index contributed by atoms with van der Waals surface area (Å²) in [4.78, 5) is 25.6. The molecule has 0 radical (unpaired) electrons. The maximum absolute atomic E-state index is 13.8. The van der Waals surface area contributed by atoms with Gasteiger partial charge in [0.15, 0.2) is 11.6 Å². The first-order valence-corrected chi connectivity index (χ1v) is 9.56. The van der Waals surface area contributed by atoms with Gasteiger partial charge in [0.1, 0.15) is 5.82 Å². The van der Waals surface area contributed by atoms with Crippen LogP contribution in [0.15, 0.2) is 24.5 Å². The Labute approximate surface area is 171 Å². The number of fused-ring (bicyclic) bond motifs is 1. The third-order valence-corrected chi connectivity index (χ3v) is 5.00. The minimum absolute atomic E-state index is 0.210. The molecule has 0 saturated carbocycles. The number of anilines is 2. The van der Waals surface area contributed by atoms with E-state index in [-0.39, 0.29) is 11.7 Å². The molecule has 3 aromatic rings. The predicted octanol–water partition coefficient (Wildman–Crippen LogP) is 2.08. The number of carbonyl (C=O) groups is 1. The van der Waals surface area contributed by atoms with Crippen molar-refractivity contribution in [3.8, 4) is 5.82 Å². The van der Waals surface area contributed by atoms with E-state index >= 15 is 0 Å². The van der Waals surface area contributed by atoms with Gasteiger partial charge in [-0.2, -0.15) is 8.78 Å². The van der Waals surface area contributed by atoms with Crippen molar-refractivity contribution in [2.45, 2.75) is 32.2 Å². The maximum Gasteiger partial charge on any atom is 0.303 e. The largest absolute Gasteiger partial charge is 0.353 e. The Morgan fingerprint density at radius 1 is 1.33 bits per heavy atom. The summed E-state index contributed by atoms with van der Waals surface area (Å²) in [5.74, 6) is -2.79. The van der Waals surface area contributed by atoms with E-state index in [1.165, 1.54) is 23.9 Å². The van der Waals surface area contributed by atoms with Crippen LogP contribution in [0, 0.1) is 0 Å². The third-order valence-electron chi connectivity index (χ3n) is 5.00. The zero-order valence-corrected chi connectivity index (χ0v) is 16.9. The first kappa shape index (κ1) is 20.1. The maximum atomic E-state index is 13.8. The molecule has 0 unspecified atom stereocenters. The second kappa shape index (κ2) is 7.56. The third kappa shape index (κ3) is 3.80. The normalized spacial score (nSPS) is 17.0. The molecule has 0 aliphatic carbocycles. The first-order valence-electron chi connectivity index (χ1n) is 9.56. The molecule has 3 aromatic heterocycles. The van der Waals surface area contributed by atoms with E-state index in [0.717, 1.165) is 31.8 Å². The van der Waals surface area contributed by atoms with E-state index in [1.807, 2.05) is 7.05 Å². The zero-order chi connectivity index (χ0) is 21.5. The van der Waals surface area contributed by atoms with Gasteiger partial charge in [-0.3, -0.25) is 4.79 Å². The minimum Gasteiger partial charge on any atom is -0.353 e. The molecule has 1 fully saturated rings. The van der Waals surface area contributed by atoms with Crippen LogP contribution in [0.3, 0.4) is 0 Å². The van der Waals surface area contributed by atoms with E-state index in [1.54, 1.807) is 12.3 Å². The number of nitrogens with zero attached hydrogens (tertiary/aromatic N) is 6. The first-order chi connectivity index (χ1) is 14.3. The fraction of sp³-hybridized carbons (Fsp3) is 0.421. The molecule has 1 aliphatic heterocycles. The summed E-state index contributed by atoms with van der Waals surface area (Å²) >= 11 is 0. The van der Waals surface area contributed by atoms with Gasteiger partial charge in [0.05, 0.1) is 10.9 Å². The molecule has 1 atom stereocenters. The van der Waals surface area contributed by atoms with Crippen LogP contribution < -0.4 is 15.5 Å². The van der Waals surface area contributed by atoms with E-state index in [2.05, 4.69) is 35.6 Å².